The minimum absolute atomic E-state index is 0.140. The van der Waals surface area contributed by atoms with Gasteiger partial charge in [-0.15, -0.1) is 0 Å². The number of aryl methyl sites for hydroxylation is 2. The number of ether oxygens (including phenoxy) is 1. The van der Waals surface area contributed by atoms with Gasteiger partial charge >= 0.3 is 0 Å². The molecule has 0 amide bonds. The summed E-state index contributed by atoms with van der Waals surface area (Å²) in [4.78, 5) is 29.2. The summed E-state index contributed by atoms with van der Waals surface area (Å²) in [6, 6.07) is 7.44. The molecule has 0 saturated heterocycles. The molecule has 3 aromatic rings. The summed E-state index contributed by atoms with van der Waals surface area (Å²) in [5.41, 5.74) is 2.11. The summed E-state index contributed by atoms with van der Waals surface area (Å²) in [6.07, 6.45) is 6.02. The van der Waals surface area contributed by atoms with E-state index in [0.29, 0.717) is 41.4 Å². The van der Waals surface area contributed by atoms with E-state index in [1.807, 2.05) is 25.3 Å². The van der Waals surface area contributed by atoms with Gasteiger partial charge in [0.15, 0.2) is 0 Å². The number of rotatable bonds is 5. The molecule has 0 spiro atoms. The summed E-state index contributed by atoms with van der Waals surface area (Å²) in [5.74, 6) is 1.93. The zero-order valence-corrected chi connectivity index (χ0v) is 14.7. The van der Waals surface area contributed by atoms with Gasteiger partial charge < -0.3 is 9.30 Å². The lowest BCUT2D eigenvalue weighted by molar-refractivity contribution is 0.285. The van der Waals surface area contributed by atoms with Gasteiger partial charge in [0.05, 0.1) is 24.2 Å². The Labute approximate surface area is 150 Å². The van der Waals surface area contributed by atoms with Gasteiger partial charge in [-0.2, -0.15) is 4.98 Å². The molecule has 0 radical (unpaired) electrons. The van der Waals surface area contributed by atoms with Gasteiger partial charge in [-0.1, -0.05) is 6.07 Å². The quantitative estimate of drug-likeness (QED) is 0.702. The molecule has 1 aliphatic rings. The van der Waals surface area contributed by atoms with E-state index in [4.69, 9.17) is 4.74 Å². The molecule has 7 nitrogen and oxygen atoms in total. The van der Waals surface area contributed by atoms with Gasteiger partial charge in [-0.3, -0.25) is 9.78 Å². The predicted molar refractivity (Wildman–Crippen MR) is 95.8 cm³/mol. The van der Waals surface area contributed by atoms with Crippen molar-refractivity contribution in [2.45, 2.75) is 19.3 Å². The third-order valence-electron chi connectivity index (χ3n) is 4.55. The van der Waals surface area contributed by atoms with Crippen LogP contribution in [0.2, 0.25) is 0 Å². The van der Waals surface area contributed by atoms with Crippen LogP contribution in [0, 0.1) is 12.8 Å². The maximum Gasteiger partial charge on any atom is 0.253 e. The Morgan fingerprint density at radius 2 is 2.15 bits per heavy atom. The van der Waals surface area contributed by atoms with Crippen molar-refractivity contribution < 1.29 is 4.74 Å². The molecule has 3 aromatic heterocycles. The summed E-state index contributed by atoms with van der Waals surface area (Å²) >= 11 is 0. The minimum atomic E-state index is -0.140. The van der Waals surface area contributed by atoms with Gasteiger partial charge in [0.1, 0.15) is 5.82 Å². The molecule has 0 aromatic carbocycles. The van der Waals surface area contributed by atoms with Crippen LogP contribution in [0.4, 0.5) is 0 Å². The molecule has 2 atom stereocenters. The van der Waals surface area contributed by atoms with Crippen LogP contribution >= 0.6 is 0 Å². The lowest BCUT2D eigenvalue weighted by atomic mass is 10.2. The fourth-order valence-corrected chi connectivity index (χ4v) is 2.92. The second kappa shape index (κ2) is 6.67. The van der Waals surface area contributed by atoms with Crippen LogP contribution in [0.3, 0.4) is 0 Å². The monoisotopic (exact) mass is 349 g/mol. The Balaban J connectivity index is 1.52. The van der Waals surface area contributed by atoms with Crippen molar-refractivity contribution in [1.82, 2.24) is 24.5 Å². The largest absolute Gasteiger partial charge is 0.477 e. The van der Waals surface area contributed by atoms with E-state index in [9.17, 15) is 4.79 Å². The standard InChI is InChI=1S/C19H19N5O2/c1-12-21-9-15(17-8-18(25)24(2)11-22-17)19(23-12)26-10-13-7-14(13)16-5-3-4-6-20-16/h3-6,8-9,11,13-14H,7,10H2,1-2H3/t13-,14+/m1/s1. The maximum absolute atomic E-state index is 11.9. The molecule has 0 N–H and O–H groups in total. The van der Waals surface area contributed by atoms with Crippen LogP contribution in [-0.2, 0) is 7.05 Å². The van der Waals surface area contributed by atoms with E-state index in [2.05, 4.69) is 26.0 Å². The highest BCUT2D eigenvalue weighted by Crippen LogP contribution is 2.46. The third-order valence-corrected chi connectivity index (χ3v) is 4.55. The average Bonchev–Trinajstić information content (AvgIpc) is 3.43. The Morgan fingerprint density at radius 3 is 2.92 bits per heavy atom. The number of pyridine rings is 1. The summed E-state index contributed by atoms with van der Waals surface area (Å²) < 4.78 is 7.41. The molecule has 0 unspecified atom stereocenters. The van der Waals surface area contributed by atoms with Gasteiger partial charge in [0.25, 0.3) is 5.56 Å². The van der Waals surface area contributed by atoms with E-state index < -0.39 is 0 Å². The molecule has 132 valence electrons. The highest BCUT2D eigenvalue weighted by Gasteiger charge is 2.40. The minimum Gasteiger partial charge on any atom is -0.477 e. The SMILES string of the molecule is Cc1ncc(-c2cc(=O)n(C)cn2)c(OC[C@H]2C[C@@H]2c2ccccn2)n1. The number of aromatic nitrogens is 5. The van der Waals surface area contributed by atoms with Crippen LogP contribution < -0.4 is 10.3 Å². The topological polar surface area (TPSA) is 82.8 Å². The fourth-order valence-electron chi connectivity index (χ4n) is 2.92. The van der Waals surface area contributed by atoms with E-state index in [1.54, 1.807) is 13.2 Å². The van der Waals surface area contributed by atoms with E-state index in [0.717, 1.165) is 12.1 Å². The first-order valence-electron chi connectivity index (χ1n) is 8.52. The second-order valence-corrected chi connectivity index (χ2v) is 6.53. The van der Waals surface area contributed by atoms with Crippen molar-refractivity contribution >= 4 is 0 Å². The molecule has 1 aliphatic carbocycles. The zero-order chi connectivity index (χ0) is 18.1. The van der Waals surface area contributed by atoms with E-state index >= 15 is 0 Å². The lowest BCUT2D eigenvalue weighted by Gasteiger charge is -2.10. The molecular weight excluding hydrogens is 330 g/mol. The van der Waals surface area contributed by atoms with Crippen LogP contribution in [0.25, 0.3) is 11.3 Å². The van der Waals surface area contributed by atoms with Crippen molar-refractivity contribution in [2.24, 2.45) is 13.0 Å². The third kappa shape index (κ3) is 3.33. The molecule has 1 saturated carbocycles. The number of nitrogens with zero attached hydrogens (tertiary/aromatic N) is 5. The Hall–Kier alpha value is -3.09. The molecule has 0 bridgehead atoms. The van der Waals surface area contributed by atoms with Crippen LogP contribution in [0.5, 0.6) is 5.88 Å². The molecule has 7 heteroatoms. The van der Waals surface area contributed by atoms with Gasteiger partial charge in [0, 0.05) is 43.0 Å². The summed E-state index contributed by atoms with van der Waals surface area (Å²) in [7, 11) is 1.66. The Bertz CT molecular complexity index is 987. The predicted octanol–water partition coefficient (Wildman–Crippen LogP) is 2.12. The first-order chi connectivity index (χ1) is 12.6. The first kappa shape index (κ1) is 16.4. The summed E-state index contributed by atoms with van der Waals surface area (Å²) in [6.45, 7) is 2.36. The van der Waals surface area contributed by atoms with E-state index in [-0.39, 0.29) is 5.56 Å². The molecular formula is C19H19N5O2. The van der Waals surface area contributed by atoms with Crippen molar-refractivity contribution in [3.05, 3.63) is 64.9 Å². The Morgan fingerprint density at radius 1 is 1.27 bits per heavy atom. The van der Waals surface area contributed by atoms with Crippen molar-refractivity contribution in [1.29, 1.82) is 0 Å². The molecule has 1 fully saturated rings. The van der Waals surface area contributed by atoms with Crippen LogP contribution in [0.15, 0.2) is 47.8 Å². The summed E-state index contributed by atoms with van der Waals surface area (Å²) in [5, 5.41) is 0. The Kier molecular flexibility index (Phi) is 4.20. The average molecular weight is 349 g/mol. The van der Waals surface area contributed by atoms with Crippen molar-refractivity contribution in [3.8, 4) is 17.1 Å². The van der Waals surface area contributed by atoms with Gasteiger partial charge in [-0.25, -0.2) is 9.97 Å². The van der Waals surface area contributed by atoms with E-state index in [1.165, 1.54) is 17.0 Å². The van der Waals surface area contributed by atoms with Crippen LogP contribution in [-0.4, -0.2) is 31.1 Å². The number of hydrogen-bond donors (Lipinski definition) is 0. The molecule has 3 heterocycles. The molecule has 4 rings (SSSR count). The van der Waals surface area contributed by atoms with Crippen LogP contribution in [0.1, 0.15) is 23.9 Å². The normalized spacial score (nSPS) is 18.5. The lowest BCUT2D eigenvalue weighted by Crippen LogP contribution is -2.16. The smallest absolute Gasteiger partial charge is 0.253 e. The van der Waals surface area contributed by atoms with Crippen molar-refractivity contribution in [2.75, 3.05) is 6.61 Å². The maximum atomic E-state index is 11.9. The van der Waals surface area contributed by atoms with Crippen molar-refractivity contribution in [3.63, 3.8) is 0 Å². The number of hydrogen-bond acceptors (Lipinski definition) is 6. The fraction of sp³-hybridized carbons (Fsp3) is 0.316. The van der Waals surface area contributed by atoms with Gasteiger partial charge in [0.2, 0.25) is 5.88 Å². The second-order valence-electron chi connectivity index (χ2n) is 6.53. The zero-order valence-electron chi connectivity index (χ0n) is 14.7. The molecule has 26 heavy (non-hydrogen) atoms. The highest BCUT2D eigenvalue weighted by atomic mass is 16.5. The van der Waals surface area contributed by atoms with Gasteiger partial charge in [-0.05, 0) is 25.5 Å². The first-order valence-corrected chi connectivity index (χ1v) is 8.52. The molecule has 0 aliphatic heterocycles. The highest BCUT2D eigenvalue weighted by molar-refractivity contribution is 5.63.